The van der Waals surface area contributed by atoms with Gasteiger partial charge in [-0.15, -0.1) is 0 Å². The van der Waals surface area contributed by atoms with E-state index in [4.69, 9.17) is 14.6 Å². The lowest BCUT2D eigenvalue weighted by Crippen LogP contribution is -2.09. The molecule has 43 heavy (non-hydrogen) atoms. The first-order valence-corrected chi connectivity index (χ1v) is 11.6. The fourth-order valence-electron chi connectivity index (χ4n) is 4.15. The number of halogens is 11. The van der Waals surface area contributed by atoms with Crippen LogP contribution in [0.3, 0.4) is 0 Å². The van der Waals surface area contributed by atoms with Gasteiger partial charge in [0.2, 0.25) is 0 Å². The lowest BCUT2D eigenvalue weighted by molar-refractivity contribution is -0.139. The van der Waals surface area contributed by atoms with Crippen LogP contribution in [0, 0.1) is 11.7 Å². The molecule has 6 nitrogen and oxygen atoms in total. The molecule has 1 aliphatic carbocycles. The third kappa shape index (κ3) is 7.32. The molecule has 0 unspecified atom stereocenters. The van der Waals surface area contributed by atoms with Crippen molar-refractivity contribution in [3.8, 4) is 28.7 Å². The summed E-state index contributed by atoms with van der Waals surface area (Å²) in [6, 6.07) is 7.48. The predicted molar refractivity (Wildman–Crippen MR) is 121 cm³/mol. The molecule has 3 aromatic rings. The van der Waals surface area contributed by atoms with Crippen LogP contribution in [-0.2, 0) is 17.1 Å². The Morgan fingerprint density at radius 3 is 1.88 bits per heavy atom. The molecule has 232 valence electrons. The molecule has 1 fully saturated rings. The van der Waals surface area contributed by atoms with E-state index in [-0.39, 0.29) is 23.5 Å². The van der Waals surface area contributed by atoms with Crippen LogP contribution in [0.5, 0.6) is 28.7 Å². The second-order valence-corrected chi connectivity index (χ2v) is 8.83. The van der Waals surface area contributed by atoms with Crippen molar-refractivity contribution in [2.75, 3.05) is 0 Å². The molecular formula is C26H15F11O6. The van der Waals surface area contributed by atoms with E-state index in [1.54, 1.807) is 6.07 Å². The molecular weight excluding hydrogens is 617 g/mol. The van der Waals surface area contributed by atoms with Gasteiger partial charge in [0.05, 0.1) is 11.1 Å². The summed E-state index contributed by atoms with van der Waals surface area (Å²) in [4.78, 5) is 11.1. The largest absolute Gasteiger partial charge is 0.488 e. The molecule has 0 spiro atoms. The number of aliphatic carboxylic acids is 1. The van der Waals surface area contributed by atoms with E-state index < -0.39 is 72.0 Å². The van der Waals surface area contributed by atoms with E-state index >= 15 is 0 Å². The van der Waals surface area contributed by atoms with Crippen LogP contribution in [0.4, 0.5) is 48.3 Å². The minimum Gasteiger partial charge on any atom is -0.488 e. The molecule has 1 heterocycles. The van der Waals surface area contributed by atoms with Crippen molar-refractivity contribution in [2.45, 2.75) is 37.6 Å². The first-order valence-electron chi connectivity index (χ1n) is 11.6. The average molecular weight is 632 g/mol. The SMILES string of the molecule is Fc1ccc(C(F)(F)F)cc1OC(F)F.O=C(O)[C@H]1[C@@H]2Oc3cc(Oc4ccc(C(F)(F)F)cc4OC(F)F)ccc3[C@@H]21. The number of benzene rings is 3. The molecule has 1 N–H and O–H groups in total. The Morgan fingerprint density at radius 2 is 1.33 bits per heavy atom. The summed E-state index contributed by atoms with van der Waals surface area (Å²) in [6.07, 6.45) is -9.93. The number of carboxylic acids is 1. The highest BCUT2D eigenvalue weighted by Gasteiger charge is 2.63. The maximum atomic E-state index is 12.8. The molecule has 1 saturated carbocycles. The topological polar surface area (TPSA) is 74.2 Å². The van der Waals surface area contributed by atoms with Gasteiger partial charge in [-0.3, -0.25) is 4.79 Å². The minimum atomic E-state index is -4.73. The Hall–Kier alpha value is -4.44. The van der Waals surface area contributed by atoms with Gasteiger partial charge in [0.15, 0.2) is 23.1 Å². The van der Waals surface area contributed by atoms with Gasteiger partial charge in [0.1, 0.15) is 23.5 Å². The number of hydrogen-bond acceptors (Lipinski definition) is 5. The molecule has 3 aromatic carbocycles. The molecule has 2 aliphatic rings. The highest BCUT2D eigenvalue weighted by atomic mass is 19.4. The molecule has 3 atom stereocenters. The fourth-order valence-corrected chi connectivity index (χ4v) is 4.15. The normalized spacial score (nSPS) is 18.7. The quantitative estimate of drug-likeness (QED) is 0.266. The van der Waals surface area contributed by atoms with Crippen LogP contribution in [0.1, 0.15) is 22.6 Å². The molecule has 0 bridgehead atoms. The fraction of sp³-hybridized carbons (Fsp3) is 0.269. The van der Waals surface area contributed by atoms with Crippen LogP contribution >= 0.6 is 0 Å². The third-order valence-electron chi connectivity index (χ3n) is 6.04. The predicted octanol–water partition coefficient (Wildman–Crippen LogP) is 8.10. The zero-order chi connectivity index (χ0) is 31.9. The zero-order valence-corrected chi connectivity index (χ0v) is 20.7. The maximum Gasteiger partial charge on any atom is 0.416 e. The van der Waals surface area contributed by atoms with E-state index in [2.05, 4.69) is 9.47 Å². The number of fused-ring (bicyclic) bond motifs is 3. The van der Waals surface area contributed by atoms with Crippen LogP contribution in [-0.4, -0.2) is 30.4 Å². The molecule has 5 rings (SSSR count). The summed E-state index contributed by atoms with van der Waals surface area (Å²) < 4.78 is 154. The maximum absolute atomic E-state index is 12.8. The summed E-state index contributed by atoms with van der Waals surface area (Å²) >= 11 is 0. The lowest BCUT2D eigenvalue weighted by atomic mass is 10.1. The van der Waals surface area contributed by atoms with E-state index in [0.717, 1.165) is 6.07 Å². The van der Waals surface area contributed by atoms with Gasteiger partial charge in [-0.1, -0.05) is 6.07 Å². The molecule has 0 radical (unpaired) electrons. The van der Waals surface area contributed by atoms with Crippen molar-refractivity contribution >= 4 is 5.97 Å². The van der Waals surface area contributed by atoms with Gasteiger partial charge in [-0.2, -0.15) is 43.9 Å². The number of rotatable bonds is 7. The highest BCUT2D eigenvalue weighted by Crippen LogP contribution is 2.59. The summed E-state index contributed by atoms with van der Waals surface area (Å²) in [7, 11) is 0. The van der Waals surface area contributed by atoms with Crippen molar-refractivity contribution in [1.29, 1.82) is 0 Å². The second kappa shape index (κ2) is 11.7. The van der Waals surface area contributed by atoms with Gasteiger partial charge in [0.25, 0.3) is 0 Å². The van der Waals surface area contributed by atoms with Crippen molar-refractivity contribution in [2.24, 2.45) is 5.92 Å². The summed E-state index contributed by atoms with van der Waals surface area (Å²) in [5.74, 6) is -4.83. The minimum absolute atomic E-state index is 0.116. The number of hydrogen-bond donors (Lipinski definition) is 1. The number of carbonyl (C=O) groups is 1. The molecule has 17 heteroatoms. The number of carboxylic acid groups (broad SMARTS) is 1. The Morgan fingerprint density at radius 1 is 0.767 bits per heavy atom. The van der Waals surface area contributed by atoms with Gasteiger partial charge < -0.3 is 24.1 Å². The van der Waals surface area contributed by atoms with E-state index in [1.165, 1.54) is 12.1 Å². The summed E-state index contributed by atoms with van der Waals surface area (Å²) in [5, 5.41) is 9.06. The Kier molecular flexibility index (Phi) is 8.56. The zero-order valence-electron chi connectivity index (χ0n) is 20.7. The van der Waals surface area contributed by atoms with Crippen LogP contribution in [0.25, 0.3) is 0 Å². The molecule has 1 aliphatic heterocycles. The monoisotopic (exact) mass is 632 g/mol. The van der Waals surface area contributed by atoms with E-state index in [9.17, 15) is 53.1 Å². The van der Waals surface area contributed by atoms with Crippen LogP contribution < -0.4 is 18.9 Å². The Balaban J connectivity index is 0.000000239. The van der Waals surface area contributed by atoms with Crippen molar-refractivity contribution < 1.29 is 77.1 Å². The van der Waals surface area contributed by atoms with Crippen molar-refractivity contribution in [3.63, 3.8) is 0 Å². The Labute approximate surface area is 233 Å². The lowest BCUT2D eigenvalue weighted by Gasteiger charge is -2.15. The number of ether oxygens (including phenoxy) is 4. The standard InChI is InChI=1S/C18H11F5O5.C8H4F6O/c19-17(20)28-12-5-7(18(21,22)23)1-4-10(12)26-8-2-3-9-11(6-8)27-15-13(9)14(15)16(24)25;9-5-2-1-4(8(12,13)14)3-6(5)15-7(10)11/h1-6,13-15,17H,(H,24,25);1-3,7H/t13-,14-,15-;/m1./s1. The molecule has 0 amide bonds. The van der Waals surface area contributed by atoms with Crippen LogP contribution in [0.2, 0.25) is 0 Å². The first-order chi connectivity index (χ1) is 20.0. The number of alkyl halides is 10. The van der Waals surface area contributed by atoms with Crippen molar-refractivity contribution in [3.05, 3.63) is 77.1 Å². The first kappa shape index (κ1) is 31.5. The van der Waals surface area contributed by atoms with Gasteiger partial charge in [-0.25, -0.2) is 4.39 Å². The van der Waals surface area contributed by atoms with E-state index in [1.807, 2.05) is 0 Å². The smallest absolute Gasteiger partial charge is 0.416 e. The van der Waals surface area contributed by atoms with E-state index in [0.29, 0.717) is 35.6 Å². The second-order valence-electron chi connectivity index (χ2n) is 8.83. The highest BCUT2D eigenvalue weighted by molar-refractivity contribution is 5.79. The summed E-state index contributed by atoms with van der Waals surface area (Å²) in [6.45, 7) is -6.71. The average Bonchev–Trinajstić information content (AvgIpc) is 3.47. The van der Waals surface area contributed by atoms with Crippen molar-refractivity contribution in [1.82, 2.24) is 0 Å². The summed E-state index contributed by atoms with van der Waals surface area (Å²) in [5.41, 5.74) is -1.73. The van der Waals surface area contributed by atoms with Crippen LogP contribution in [0.15, 0.2) is 54.6 Å². The third-order valence-corrected chi connectivity index (χ3v) is 6.04. The van der Waals surface area contributed by atoms with Gasteiger partial charge in [0, 0.05) is 17.5 Å². The van der Waals surface area contributed by atoms with Gasteiger partial charge in [-0.05, 0) is 42.5 Å². The molecule has 0 saturated heterocycles. The van der Waals surface area contributed by atoms with Gasteiger partial charge >= 0.3 is 31.5 Å². The Bertz CT molecular complexity index is 1490. The molecule has 0 aromatic heterocycles.